The Morgan fingerprint density at radius 3 is 2.76 bits per heavy atom. The van der Waals surface area contributed by atoms with Crippen LogP contribution < -0.4 is 15.6 Å². The predicted octanol–water partition coefficient (Wildman–Crippen LogP) is 3.84. The molecule has 8 nitrogen and oxygen atoms in total. The molecule has 3 aromatic heterocycles. The van der Waals surface area contributed by atoms with Crippen LogP contribution in [0, 0.1) is 5.41 Å². The van der Waals surface area contributed by atoms with Crippen molar-refractivity contribution in [1.82, 2.24) is 25.1 Å². The van der Waals surface area contributed by atoms with Crippen LogP contribution >= 0.6 is 22.6 Å². The number of halogens is 1. The summed E-state index contributed by atoms with van der Waals surface area (Å²) in [5.74, 6) is 1.01. The first-order valence-electron chi connectivity index (χ1n) is 11.5. The highest BCUT2D eigenvalue weighted by Gasteiger charge is 2.54. The fourth-order valence-corrected chi connectivity index (χ4v) is 5.91. The molecule has 0 radical (unpaired) electrons. The molecule has 0 unspecified atom stereocenters. The minimum absolute atomic E-state index is 0.0834. The summed E-state index contributed by atoms with van der Waals surface area (Å²) in [4.78, 5) is 25.0. The van der Waals surface area contributed by atoms with Gasteiger partial charge in [0.05, 0.1) is 41.2 Å². The van der Waals surface area contributed by atoms with E-state index in [-0.39, 0.29) is 22.9 Å². The Morgan fingerprint density at radius 2 is 1.97 bits per heavy atom. The number of carbonyl (C=O) groups excluding carboxylic acids is 1. The molecular weight excluding hydrogens is 545 g/mol. The first kappa shape index (κ1) is 21.6. The zero-order valence-electron chi connectivity index (χ0n) is 18.5. The predicted molar refractivity (Wildman–Crippen MR) is 137 cm³/mol. The normalized spacial score (nSPS) is 23.6. The molecule has 3 heterocycles. The number of hydrogen-bond donors (Lipinski definition) is 2. The second-order valence-electron chi connectivity index (χ2n) is 9.46. The minimum Gasteiger partial charge on any atom is -0.491 e. The third kappa shape index (κ3) is 3.66. The maximum Gasteiger partial charge on any atom is 0.272 e. The molecule has 0 aliphatic heterocycles. The van der Waals surface area contributed by atoms with Gasteiger partial charge in [0.1, 0.15) is 5.75 Å². The van der Waals surface area contributed by atoms with E-state index in [0.717, 1.165) is 52.5 Å². The summed E-state index contributed by atoms with van der Waals surface area (Å²) in [6.45, 7) is 0.638. The second-order valence-corrected chi connectivity index (χ2v) is 10.5. The molecule has 1 spiro atoms. The zero-order chi connectivity index (χ0) is 23.3. The van der Waals surface area contributed by atoms with Gasteiger partial charge in [0, 0.05) is 21.8 Å². The zero-order valence-corrected chi connectivity index (χ0v) is 20.6. The van der Waals surface area contributed by atoms with Crippen molar-refractivity contribution < 1.29 is 9.53 Å². The van der Waals surface area contributed by atoms with E-state index >= 15 is 0 Å². The Balaban J connectivity index is 1.08. The third-order valence-electron chi connectivity index (χ3n) is 7.24. The lowest BCUT2D eigenvalue weighted by atomic mass is 9.49. The number of nitrogens with zero attached hydrogens (tertiary/aromatic N) is 3. The first-order valence-corrected chi connectivity index (χ1v) is 13.0. The number of carbonyl (C=O) groups is 1. The van der Waals surface area contributed by atoms with Crippen molar-refractivity contribution in [1.29, 1.82) is 0 Å². The minimum atomic E-state index is -0.142. The van der Waals surface area contributed by atoms with Crippen molar-refractivity contribution in [3.63, 3.8) is 0 Å². The van der Waals surface area contributed by atoms with Gasteiger partial charge < -0.3 is 10.1 Å². The van der Waals surface area contributed by atoms with Crippen molar-refractivity contribution >= 4 is 44.8 Å². The average molecular weight is 569 g/mol. The van der Waals surface area contributed by atoms with Gasteiger partial charge in [-0.05, 0) is 49.3 Å². The molecule has 2 fully saturated rings. The topological polar surface area (TPSA) is 101 Å². The maximum absolute atomic E-state index is 12.9. The Hall–Kier alpha value is -2.95. The quantitative estimate of drug-likeness (QED) is 0.272. The number of benzene rings is 1. The number of amides is 1. The van der Waals surface area contributed by atoms with E-state index in [2.05, 4.69) is 43.2 Å². The molecule has 1 amide bonds. The molecule has 2 saturated carbocycles. The number of hydrogen-bond acceptors (Lipinski definition) is 5. The Kier molecular flexibility index (Phi) is 5.31. The van der Waals surface area contributed by atoms with Crippen LogP contribution in [-0.2, 0) is 0 Å². The molecule has 0 bridgehead atoms. The van der Waals surface area contributed by atoms with Crippen LogP contribution in [0.25, 0.3) is 16.3 Å². The van der Waals surface area contributed by atoms with Crippen LogP contribution in [0.1, 0.15) is 47.7 Å². The van der Waals surface area contributed by atoms with Gasteiger partial charge in [-0.3, -0.25) is 9.59 Å². The number of pyridine rings is 1. The van der Waals surface area contributed by atoms with Crippen LogP contribution in [0.3, 0.4) is 0 Å². The Bertz CT molecular complexity index is 1450. The largest absolute Gasteiger partial charge is 0.491 e. The summed E-state index contributed by atoms with van der Waals surface area (Å²) in [6.07, 6.45) is 7.46. The second kappa shape index (κ2) is 8.37. The van der Waals surface area contributed by atoms with E-state index in [0.29, 0.717) is 23.5 Å². The average Bonchev–Trinajstić information content (AvgIpc) is 3.23. The van der Waals surface area contributed by atoms with E-state index in [1.54, 1.807) is 16.9 Å². The number of alkyl halides is 1. The van der Waals surface area contributed by atoms with Crippen LogP contribution in [0.2, 0.25) is 0 Å². The fourth-order valence-electron chi connectivity index (χ4n) is 5.69. The van der Waals surface area contributed by atoms with Crippen LogP contribution in [0.5, 0.6) is 5.75 Å². The van der Waals surface area contributed by atoms with Crippen LogP contribution in [0.4, 0.5) is 0 Å². The molecule has 174 valence electrons. The van der Waals surface area contributed by atoms with E-state index in [4.69, 9.17) is 4.74 Å². The molecule has 0 saturated heterocycles. The highest BCUT2D eigenvalue weighted by molar-refractivity contribution is 14.1. The molecule has 4 aromatic rings. The standard InChI is InChI=1S/C25H24IN5O3/c26-7-8-34-17-5-6-21-20(13-27-31(21)14-17)23(32)28-16-11-25(12-16)9-15(10-25)22-18-3-1-2-4-19(18)24(33)30-29-22/h1-6,13-16H,7-12H2,(H,28,32)(H,30,33)/t15-,16-,25?. The van der Waals surface area contributed by atoms with Gasteiger partial charge in [-0.2, -0.15) is 10.2 Å². The van der Waals surface area contributed by atoms with Gasteiger partial charge in [0.25, 0.3) is 11.5 Å². The van der Waals surface area contributed by atoms with Gasteiger partial charge in [-0.1, -0.05) is 40.8 Å². The van der Waals surface area contributed by atoms with Crippen molar-refractivity contribution in [3.05, 3.63) is 70.4 Å². The first-order chi connectivity index (χ1) is 16.5. The van der Waals surface area contributed by atoms with Gasteiger partial charge in [0.2, 0.25) is 0 Å². The number of nitrogens with one attached hydrogen (secondary N) is 2. The molecule has 2 aliphatic rings. The summed E-state index contributed by atoms with van der Waals surface area (Å²) >= 11 is 2.27. The van der Waals surface area contributed by atoms with Gasteiger partial charge in [-0.15, -0.1) is 0 Å². The van der Waals surface area contributed by atoms with Crippen molar-refractivity contribution in [2.24, 2.45) is 5.41 Å². The molecule has 2 aliphatic carbocycles. The monoisotopic (exact) mass is 569 g/mol. The van der Waals surface area contributed by atoms with E-state index in [1.807, 2.05) is 36.4 Å². The van der Waals surface area contributed by atoms with Crippen molar-refractivity contribution in [2.75, 3.05) is 11.0 Å². The van der Waals surface area contributed by atoms with Crippen LogP contribution in [-0.4, -0.2) is 42.8 Å². The molecule has 9 heteroatoms. The SMILES string of the molecule is O=C(N[C@H]1CC2(C1)C[C@H](c1n[nH]c(=O)c3ccccc31)C2)c1cnn2cc(OCCI)ccc12. The van der Waals surface area contributed by atoms with Crippen molar-refractivity contribution in [3.8, 4) is 5.75 Å². The summed E-state index contributed by atoms with van der Waals surface area (Å²) in [5.41, 5.74) is 2.47. The summed E-state index contributed by atoms with van der Waals surface area (Å²) in [7, 11) is 0. The molecule has 0 atom stereocenters. The van der Waals surface area contributed by atoms with E-state index in [9.17, 15) is 9.59 Å². The molecule has 2 N–H and O–H groups in total. The number of rotatable bonds is 6. The van der Waals surface area contributed by atoms with Gasteiger partial charge in [-0.25, -0.2) is 9.61 Å². The molecular formula is C25H24IN5O3. The van der Waals surface area contributed by atoms with Crippen LogP contribution in [0.15, 0.2) is 53.6 Å². The fraction of sp³-hybridized carbons (Fsp3) is 0.360. The summed E-state index contributed by atoms with van der Waals surface area (Å²) in [6, 6.07) is 11.6. The van der Waals surface area contributed by atoms with Crippen molar-refractivity contribution in [2.45, 2.75) is 37.6 Å². The molecule has 1 aromatic carbocycles. The van der Waals surface area contributed by atoms with E-state index in [1.165, 1.54) is 0 Å². The molecule has 34 heavy (non-hydrogen) atoms. The number of ether oxygens (including phenoxy) is 1. The Labute approximate surface area is 209 Å². The lowest BCUT2D eigenvalue weighted by Crippen LogP contribution is -2.55. The highest BCUT2D eigenvalue weighted by atomic mass is 127. The maximum atomic E-state index is 12.9. The van der Waals surface area contributed by atoms with E-state index < -0.39 is 0 Å². The highest BCUT2D eigenvalue weighted by Crippen LogP contribution is 2.62. The Morgan fingerprint density at radius 1 is 1.18 bits per heavy atom. The number of H-pyrrole nitrogens is 1. The van der Waals surface area contributed by atoms with Gasteiger partial charge in [0.15, 0.2) is 0 Å². The lowest BCUT2D eigenvalue weighted by molar-refractivity contribution is -0.0196. The smallest absolute Gasteiger partial charge is 0.272 e. The summed E-state index contributed by atoms with van der Waals surface area (Å²) < 4.78 is 8.24. The number of aromatic nitrogens is 4. The number of aromatic amines is 1. The summed E-state index contributed by atoms with van der Waals surface area (Å²) in [5, 5.41) is 16.2. The molecule has 6 rings (SSSR count). The lowest BCUT2D eigenvalue weighted by Gasteiger charge is -2.57. The number of fused-ring (bicyclic) bond motifs is 2. The van der Waals surface area contributed by atoms with Gasteiger partial charge >= 0.3 is 0 Å². The third-order valence-corrected chi connectivity index (χ3v) is 7.69.